The summed E-state index contributed by atoms with van der Waals surface area (Å²) in [6.07, 6.45) is 4.48. The molecule has 2 aromatic carbocycles. The number of aliphatic carboxylic acids is 1. The Balaban J connectivity index is 1.63. The van der Waals surface area contributed by atoms with Gasteiger partial charge in [-0.05, 0) is 35.4 Å². The highest BCUT2D eigenvalue weighted by molar-refractivity contribution is 5.86. The molecule has 0 unspecified atom stereocenters. The molecule has 0 spiro atoms. The van der Waals surface area contributed by atoms with Gasteiger partial charge in [0.15, 0.2) is 0 Å². The molecule has 35 heavy (non-hydrogen) atoms. The number of rotatable bonds is 10. The second kappa shape index (κ2) is 12.0. The molecular weight excluding hydrogens is 448 g/mol. The Bertz CT molecular complexity index is 1180. The summed E-state index contributed by atoms with van der Waals surface area (Å²) >= 11 is 0. The molecule has 1 saturated heterocycles. The fourth-order valence-electron chi connectivity index (χ4n) is 3.67. The van der Waals surface area contributed by atoms with Gasteiger partial charge in [0.05, 0.1) is 19.8 Å². The molecule has 0 saturated carbocycles. The number of carboxylic acid groups (broad SMARTS) is 1. The molecule has 0 radical (unpaired) electrons. The highest BCUT2D eigenvalue weighted by Gasteiger charge is 2.19. The number of benzene rings is 2. The molecule has 182 valence electrons. The van der Waals surface area contributed by atoms with Gasteiger partial charge < -0.3 is 29.5 Å². The highest BCUT2D eigenvalue weighted by Crippen LogP contribution is 2.32. The van der Waals surface area contributed by atoms with Gasteiger partial charge >= 0.3 is 5.97 Å². The van der Waals surface area contributed by atoms with Crippen LogP contribution in [-0.4, -0.2) is 67.7 Å². The molecule has 4 rings (SSSR count). The zero-order valence-electron chi connectivity index (χ0n) is 19.5. The summed E-state index contributed by atoms with van der Waals surface area (Å²) < 4.78 is 16.3. The van der Waals surface area contributed by atoms with E-state index in [9.17, 15) is 4.79 Å². The highest BCUT2D eigenvalue weighted by atomic mass is 16.5. The molecule has 0 amide bonds. The lowest BCUT2D eigenvalue weighted by molar-refractivity contribution is -0.131. The Labute approximate surface area is 204 Å². The number of carbonyl (C=O) groups is 1. The van der Waals surface area contributed by atoms with Crippen LogP contribution in [0.25, 0.3) is 17.2 Å². The van der Waals surface area contributed by atoms with Gasteiger partial charge in [-0.2, -0.15) is 4.98 Å². The van der Waals surface area contributed by atoms with Crippen LogP contribution in [0.2, 0.25) is 0 Å². The lowest BCUT2D eigenvalue weighted by atomic mass is 10.0. The zero-order valence-corrected chi connectivity index (χ0v) is 19.5. The number of carboxylic acids is 1. The largest absolute Gasteiger partial charge is 0.491 e. The summed E-state index contributed by atoms with van der Waals surface area (Å²) in [5.74, 6) is 0.989. The molecule has 1 aromatic heterocycles. The molecule has 9 nitrogen and oxygen atoms in total. The van der Waals surface area contributed by atoms with Crippen molar-refractivity contribution in [2.75, 3.05) is 56.8 Å². The number of nitrogens with one attached hydrogen (secondary N) is 1. The Morgan fingerprint density at radius 1 is 1.17 bits per heavy atom. The predicted molar refractivity (Wildman–Crippen MR) is 134 cm³/mol. The van der Waals surface area contributed by atoms with Crippen molar-refractivity contribution in [3.05, 3.63) is 66.4 Å². The lowest BCUT2D eigenvalue weighted by Crippen LogP contribution is -2.37. The van der Waals surface area contributed by atoms with Crippen LogP contribution in [0, 0.1) is 0 Å². The molecule has 2 heterocycles. The van der Waals surface area contributed by atoms with Gasteiger partial charge in [-0.15, -0.1) is 0 Å². The van der Waals surface area contributed by atoms with Crippen LogP contribution in [0.1, 0.15) is 5.56 Å². The molecule has 0 atom stereocenters. The van der Waals surface area contributed by atoms with Crippen molar-refractivity contribution in [2.24, 2.45) is 0 Å². The molecule has 0 bridgehead atoms. The summed E-state index contributed by atoms with van der Waals surface area (Å²) in [5, 5.41) is 12.2. The summed E-state index contributed by atoms with van der Waals surface area (Å²) in [6, 6.07) is 15.2. The summed E-state index contributed by atoms with van der Waals surface area (Å²) in [6.45, 7) is 3.64. The van der Waals surface area contributed by atoms with Crippen LogP contribution in [-0.2, 0) is 14.3 Å². The first-order chi connectivity index (χ1) is 17.1. The first-order valence-electron chi connectivity index (χ1n) is 11.3. The van der Waals surface area contributed by atoms with Crippen molar-refractivity contribution in [1.82, 2.24) is 9.97 Å². The van der Waals surface area contributed by atoms with Crippen LogP contribution >= 0.6 is 0 Å². The average Bonchev–Trinajstić information content (AvgIpc) is 2.88. The van der Waals surface area contributed by atoms with E-state index in [1.807, 2.05) is 48.5 Å². The van der Waals surface area contributed by atoms with E-state index in [1.165, 1.54) is 0 Å². The maximum Gasteiger partial charge on any atom is 0.328 e. The van der Waals surface area contributed by atoms with Gasteiger partial charge in [0, 0.05) is 49.8 Å². The first kappa shape index (κ1) is 24.2. The van der Waals surface area contributed by atoms with E-state index in [2.05, 4.69) is 15.2 Å². The number of hydrogen-bond acceptors (Lipinski definition) is 8. The minimum absolute atomic E-state index is 0.464. The molecule has 3 aromatic rings. The SMILES string of the molecule is COCCOc1cccc(Nc2ncc(-c3cccc(/C=C/C(=O)O)c3)c(N3CCOCC3)n2)c1. The van der Waals surface area contributed by atoms with E-state index in [4.69, 9.17) is 24.3 Å². The minimum atomic E-state index is -0.990. The van der Waals surface area contributed by atoms with Crippen molar-refractivity contribution < 1.29 is 24.1 Å². The van der Waals surface area contributed by atoms with Gasteiger partial charge in [-0.3, -0.25) is 0 Å². The minimum Gasteiger partial charge on any atom is -0.491 e. The predicted octanol–water partition coefficient (Wildman–Crippen LogP) is 3.85. The smallest absolute Gasteiger partial charge is 0.328 e. The topological polar surface area (TPSA) is 106 Å². The normalized spacial score (nSPS) is 13.7. The van der Waals surface area contributed by atoms with E-state index in [-0.39, 0.29) is 0 Å². The Morgan fingerprint density at radius 3 is 2.80 bits per heavy atom. The van der Waals surface area contributed by atoms with Crippen LogP contribution in [0.5, 0.6) is 5.75 Å². The third kappa shape index (κ3) is 6.78. The fourth-order valence-corrected chi connectivity index (χ4v) is 3.67. The van der Waals surface area contributed by atoms with E-state index in [0.717, 1.165) is 40.0 Å². The number of hydrogen-bond donors (Lipinski definition) is 2. The third-order valence-electron chi connectivity index (χ3n) is 5.34. The van der Waals surface area contributed by atoms with Gasteiger partial charge in [0.2, 0.25) is 5.95 Å². The molecule has 2 N–H and O–H groups in total. The molecule has 1 aliphatic rings. The van der Waals surface area contributed by atoms with Gasteiger partial charge in [0.25, 0.3) is 0 Å². The molecular formula is C26H28N4O5. The van der Waals surface area contributed by atoms with E-state index < -0.39 is 5.97 Å². The Morgan fingerprint density at radius 2 is 2.00 bits per heavy atom. The Hall–Kier alpha value is -3.95. The van der Waals surface area contributed by atoms with Crippen LogP contribution in [0.4, 0.5) is 17.5 Å². The van der Waals surface area contributed by atoms with Gasteiger partial charge in [-0.25, -0.2) is 9.78 Å². The molecule has 1 fully saturated rings. The second-order valence-electron chi connectivity index (χ2n) is 7.82. The monoisotopic (exact) mass is 476 g/mol. The standard InChI is InChI=1S/C26H28N4O5/c1-33-14-15-35-22-7-3-6-21(17-22)28-26-27-18-23(25(29-26)30-10-12-34-13-11-30)20-5-2-4-19(16-20)8-9-24(31)32/h2-9,16-18H,10-15H2,1H3,(H,31,32)(H,27,28,29)/b9-8+. The number of methoxy groups -OCH3 is 1. The maximum atomic E-state index is 10.9. The first-order valence-corrected chi connectivity index (χ1v) is 11.3. The number of morpholine rings is 1. The maximum absolute atomic E-state index is 10.9. The van der Waals surface area contributed by atoms with Gasteiger partial charge in [-0.1, -0.05) is 24.3 Å². The molecule has 1 aliphatic heterocycles. The fraction of sp³-hybridized carbons (Fsp3) is 0.269. The molecule has 0 aliphatic carbocycles. The lowest BCUT2D eigenvalue weighted by Gasteiger charge is -2.29. The average molecular weight is 477 g/mol. The number of aromatic nitrogens is 2. The quantitative estimate of drug-likeness (QED) is 0.333. The third-order valence-corrected chi connectivity index (χ3v) is 5.34. The zero-order chi connectivity index (χ0) is 24.5. The van der Waals surface area contributed by atoms with Crippen molar-refractivity contribution in [3.63, 3.8) is 0 Å². The van der Waals surface area contributed by atoms with E-state index in [1.54, 1.807) is 19.4 Å². The van der Waals surface area contributed by atoms with Crippen molar-refractivity contribution >= 4 is 29.5 Å². The van der Waals surface area contributed by atoms with Crippen molar-refractivity contribution in [3.8, 4) is 16.9 Å². The number of ether oxygens (including phenoxy) is 3. The van der Waals surface area contributed by atoms with E-state index in [0.29, 0.717) is 45.5 Å². The van der Waals surface area contributed by atoms with Crippen LogP contribution < -0.4 is 15.0 Å². The van der Waals surface area contributed by atoms with Gasteiger partial charge in [0.1, 0.15) is 18.2 Å². The summed E-state index contributed by atoms with van der Waals surface area (Å²) in [5.41, 5.74) is 3.35. The van der Waals surface area contributed by atoms with Crippen molar-refractivity contribution in [2.45, 2.75) is 0 Å². The number of anilines is 3. The van der Waals surface area contributed by atoms with Crippen LogP contribution in [0.15, 0.2) is 60.8 Å². The second-order valence-corrected chi connectivity index (χ2v) is 7.82. The summed E-state index contributed by atoms with van der Waals surface area (Å²) in [4.78, 5) is 22.5. The Kier molecular flexibility index (Phi) is 8.26. The summed E-state index contributed by atoms with van der Waals surface area (Å²) in [7, 11) is 1.64. The van der Waals surface area contributed by atoms with Crippen molar-refractivity contribution in [1.29, 1.82) is 0 Å². The number of nitrogens with zero attached hydrogens (tertiary/aromatic N) is 3. The molecule has 9 heteroatoms. The van der Waals surface area contributed by atoms with E-state index >= 15 is 0 Å². The van der Waals surface area contributed by atoms with Crippen LogP contribution in [0.3, 0.4) is 0 Å².